The number of hydrogen-bond donors (Lipinski definition) is 1. The fraction of sp³-hybridized carbons (Fsp3) is 0.500. The molecule has 0 aliphatic carbocycles. The van der Waals surface area contributed by atoms with E-state index in [0.717, 1.165) is 0 Å². The summed E-state index contributed by atoms with van der Waals surface area (Å²) in [5.41, 5.74) is 0.601. The standard InChI is InChI=1S/C8H11ClN2O2/c1-5-7(13-6(2)11-5)8(12)10-4-3-9/h3-4H2,1-2H3,(H,10,12). The Morgan fingerprint density at radius 3 is 2.77 bits per heavy atom. The summed E-state index contributed by atoms with van der Waals surface area (Å²) in [7, 11) is 0. The van der Waals surface area contributed by atoms with Crippen LogP contribution < -0.4 is 5.32 Å². The van der Waals surface area contributed by atoms with Crippen molar-refractivity contribution in [2.45, 2.75) is 13.8 Å². The lowest BCUT2D eigenvalue weighted by Gasteiger charge is -1.98. The van der Waals surface area contributed by atoms with Gasteiger partial charge < -0.3 is 9.73 Å². The van der Waals surface area contributed by atoms with Crippen LogP contribution in [-0.2, 0) is 0 Å². The monoisotopic (exact) mass is 202 g/mol. The van der Waals surface area contributed by atoms with Crippen LogP contribution in [0.25, 0.3) is 0 Å². The SMILES string of the molecule is Cc1nc(C)c(C(=O)NCCCl)o1. The van der Waals surface area contributed by atoms with Gasteiger partial charge in [0.1, 0.15) is 0 Å². The summed E-state index contributed by atoms with van der Waals surface area (Å²) in [5.74, 6) is 0.882. The minimum Gasteiger partial charge on any atom is -0.436 e. The predicted molar refractivity (Wildman–Crippen MR) is 49.0 cm³/mol. The second-order valence-corrected chi connectivity index (χ2v) is 2.97. The van der Waals surface area contributed by atoms with Gasteiger partial charge in [0, 0.05) is 19.3 Å². The van der Waals surface area contributed by atoms with Crippen LogP contribution in [0.1, 0.15) is 22.1 Å². The highest BCUT2D eigenvalue weighted by Gasteiger charge is 2.14. The molecule has 1 rings (SSSR count). The molecule has 0 atom stereocenters. The van der Waals surface area contributed by atoms with Gasteiger partial charge in [-0.25, -0.2) is 4.98 Å². The molecule has 1 amide bonds. The summed E-state index contributed by atoms with van der Waals surface area (Å²) in [5, 5.41) is 2.60. The number of hydrogen-bond acceptors (Lipinski definition) is 3. The van der Waals surface area contributed by atoms with Gasteiger partial charge in [-0.3, -0.25) is 4.79 Å². The molecule has 1 N–H and O–H groups in total. The minimum absolute atomic E-state index is 0.265. The Balaban J connectivity index is 2.70. The van der Waals surface area contributed by atoms with E-state index in [0.29, 0.717) is 24.0 Å². The molecule has 0 spiro atoms. The predicted octanol–water partition coefficient (Wildman–Crippen LogP) is 1.26. The average molecular weight is 203 g/mol. The summed E-state index contributed by atoms with van der Waals surface area (Å²) in [6.45, 7) is 3.86. The molecule has 1 heterocycles. The topological polar surface area (TPSA) is 55.1 Å². The number of aryl methyl sites for hydroxylation is 2. The third-order valence-electron chi connectivity index (χ3n) is 1.49. The van der Waals surface area contributed by atoms with Gasteiger partial charge in [-0.15, -0.1) is 11.6 Å². The zero-order valence-corrected chi connectivity index (χ0v) is 8.31. The molecule has 5 heteroatoms. The van der Waals surface area contributed by atoms with E-state index in [2.05, 4.69) is 10.3 Å². The molecule has 0 bridgehead atoms. The Kier molecular flexibility index (Phi) is 3.31. The van der Waals surface area contributed by atoms with Crippen molar-refractivity contribution < 1.29 is 9.21 Å². The van der Waals surface area contributed by atoms with Gasteiger partial charge in [-0.1, -0.05) is 0 Å². The van der Waals surface area contributed by atoms with Gasteiger partial charge in [0.2, 0.25) is 5.76 Å². The lowest BCUT2D eigenvalue weighted by atomic mass is 10.3. The van der Waals surface area contributed by atoms with E-state index in [-0.39, 0.29) is 11.7 Å². The molecule has 0 saturated carbocycles. The Hall–Kier alpha value is -1.03. The van der Waals surface area contributed by atoms with Gasteiger partial charge in [0.15, 0.2) is 5.89 Å². The summed E-state index contributed by atoms with van der Waals surface area (Å²) >= 11 is 5.42. The van der Waals surface area contributed by atoms with E-state index in [1.807, 2.05) is 0 Å². The van der Waals surface area contributed by atoms with Crippen molar-refractivity contribution in [1.29, 1.82) is 0 Å². The maximum Gasteiger partial charge on any atom is 0.289 e. The molecule has 0 aromatic carbocycles. The Morgan fingerprint density at radius 1 is 1.62 bits per heavy atom. The smallest absolute Gasteiger partial charge is 0.289 e. The number of alkyl halides is 1. The third kappa shape index (κ3) is 2.45. The first kappa shape index (κ1) is 10.1. The lowest BCUT2D eigenvalue weighted by Crippen LogP contribution is -2.25. The number of nitrogens with one attached hydrogen (secondary N) is 1. The number of carbonyl (C=O) groups excluding carboxylic acids is 1. The van der Waals surface area contributed by atoms with Crippen molar-refractivity contribution >= 4 is 17.5 Å². The fourth-order valence-electron chi connectivity index (χ4n) is 0.983. The highest BCUT2D eigenvalue weighted by Crippen LogP contribution is 2.08. The zero-order chi connectivity index (χ0) is 9.84. The molecule has 0 saturated heterocycles. The van der Waals surface area contributed by atoms with E-state index in [4.69, 9.17) is 16.0 Å². The summed E-state index contributed by atoms with van der Waals surface area (Å²) < 4.78 is 5.11. The summed E-state index contributed by atoms with van der Waals surface area (Å²) in [6.07, 6.45) is 0. The van der Waals surface area contributed by atoms with Crippen LogP contribution >= 0.6 is 11.6 Å². The molecule has 1 aromatic rings. The van der Waals surface area contributed by atoms with E-state index >= 15 is 0 Å². The Labute approximate surface area is 81.3 Å². The Morgan fingerprint density at radius 2 is 2.31 bits per heavy atom. The van der Waals surface area contributed by atoms with Crippen molar-refractivity contribution in [3.63, 3.8) is 0 Å². The van der Waals surface area contributed by atoms with Gasteiger partial charge >= 0.3 is 0 Å². The van der Waals surface area contributed by atoms with Crippen LogP contribution in [0.5, 0.6) is 0 Å². The number of rotatable bonds is 3. The van der Waals surface area contributed by atoms with Crippen LogP contribution in [0.3, 0.4) is 0 Å². The molecular weight excluding hydrogens is 192 g/mol. The molecule has 4 nitrogen and oxygen atoms in total. The fourth-order valence-corrected chi connectivity index (χ4v) is 1.08. The molecule has 1 aromatic heterocycles. The normalized spacial score (nSPS) is 10.1. The Bertz CT molecular complexity index is 309. The molecule has 13 heavy (non-hydrogen) atoms. The molecule has 0 unspecified atom stereocenters. The molecule has 0 fully saturated rings. The maximum atomic E-state index is 11.3. The molecule has 0 aliphatic rings. The third-order valence-corrected chi connectivity index (χ3v) is 1.68. The zero-order valence-electron chi connectivity index (χ0n) is 7.56. The average Bonchev–Trinajstić information content (AvgIpc) is 2.41. The lowest BCUT2D eigenvalue weighted by molar-refractivity contribution is 0.0926. The number of nitrogens with zero attached hydrogens (tertiary/aromatic N) is 1. The summed E-state index contributed by atoms with van der Waals surface area (Å²) in [6, 6.07) is 0. The first-order valence-corrected chi connectivity index (χ1v) is 4.46. The molecule has 0 aliphatic heterocycles. The number of aromatic nitrogens is 1. The van der Waals surface area contributed by atoms with Crippen molar-refractivity contribution in [3.8, 4) is 0 Å². The quantitative estimate of drug-likeness (QED) is 0.751. The van der Waals surface area contributed by atoms with Crippen molar-refractivity contribution in [2.24, 2.45) is 0 Å². The van der Waals surface area contributed by atoms with Gasteiger partial charge in [-0.2, -0.15) is 0 Å². The number of oxazole rings is 1. The van der Waals surface area contributed by atoms with Crippen LogP contribution in [0, 0.1) is 13.8 Å². The van der Waals surface area contributed by atoms with Crippen molar-refractivity contribution in [3.05, 3.63) is 17.3 Å². The van der Waals surface area contributed by atoms with Crippen LogP contribution in [-0.4, -0.2) is 23.3 Å². The van der Waals surface area contributed by atoms with Crippen molar-refractivity contribution in [2.75, 3.05) is 12.4 Å². The second kappa shape index (κ2) is 4.28. The largest absolute Gasteiger partial charge is 0.436 e. The van der Waals surface area contributed by atoms with Crippen LogP contribution in [0.15, 0.2) is 4.42 Å². The minimum atomic E-state index is -0.265. The van der Waals surface area contributed by atoms with E-state index in [1.165, 1.54) is 0 Å². The van der Waals surface area contributed by atoms with Gasteiger partial charge in [-0.05, 0) is 6.92 Å². The molecule has 0 radical (unpaired) electrons. The maximum absolute atomic E-state index is 11.3. The van der Waals surface area contributed by atoms with E-state index in [1.54, 1.807) is 13.8 Å². The highest BCUT2D eigenvalue weighted by atomic mass is 35.5. The van der Waals surface area contributed by atoms with E-state index < -0.39 is 0 Å². The molecular formula is C8H11ClN2O2. The molecule has 72 valence electrons. The van der Waals surface area contributed by atoms with Crippen LogP contribution in [0.4, 0.5) is 0 Å². The van der Waals surface area contributed by atoms with Gasteiger partial charge in [0.25, 0.3) is 5.91 Å². The number of halogens is 1. The van der Waals surface area contributed by atoms with Crippen LogP contribution in [0.2, 0.25) is 0 Å². The number of amides is 1. The highest BCUT2D eigenvalue weighted by molar-refractivity contribution is 6.18. The van der Waals surface area contributed by atoms with Gasteiger partial charge in [0.05, 0.1) is 5.69 Å². The first-order valence-electron chi connectivity index (χ1n) is 3.93. The second-order valence-electron chi connectivity index (χ2n) is 2.59. The van der Waals surface area contributed by atoms with E-state index in [9.17, 15) is 4.79 Å². The summed E-state index contributed by atoms with van der Waals surface area (Å²) in [4.78, 5) is 15.3. The first-order chi connectivity index (χ1) is 6.15. The number of carbonyl (C=O) groups is 1. The van der Waals surface area contributed by atoms with Crippen molar-refractivity contribution in [1.82, 2.24) is 10.3 Å².